The molecule has 0 unspecified atom stereocenters. The molecule has 0 spiro atoms. The predicted octanol–water partition coefficient (Wildman–Crippen LogP) is 1.85. The van der Waals surface area contributed by atoms with Crippen molar-refractivity contribution in [3.05, 3.63) is 18.3 Å². The second kappa shape index (κ2) is 2.57. The normalized spacial score (nSPS) is 14.6. The molecule has 0 radical (unpaired) electrons. The zero-order valence-corrected chi connectivity index (χ0v) is 7.51. The van der Waals surface area contributed by atoms with Crippen LogP contribution < -0.4 is 0 Å². The van der Waals surface area contributed by atoms with Crippen LogP contribution in [0.15, 0.2) is 23.3 Å². The zero-order valence-electron chi connectivity index (χ0n) is 7.51. The molecule has 70 valence electrons. The highest BCUT2D eigenvalue weighted by atomic mass is 16.3. The van der Waals surface area contributed by atoms with Crippen LogP contribution in [0.2, 0.25) is 0 Å². The maximum Gasteiger partial charge on any atom is 0.202 e. The molecular weight excluding hydrogens is 178 g/mol. The Hall–Kier alpha value is -1.84. The second-order valence-corrected chi connectivity index (χ2v) is 3.30. The monoisotopic (exact) mass is 187 g/mol. The van der Waals surface area contributed by atoms with Gasteiger partial charge in [-0.15, -0.1) is 0 Å². The van der Waals surface area contributed by atoms with Crippen molar-refractivity contribution in [3.8, 4) is 5.88 Å². The Morgan fingerprint density at radius 2 is 2.36 bits per heavy atom. The lowest BCUT2D eigenvalue weighted by atomic mass is 10.3. The van der Waals surface area contributed by atoms with Crippen LogP contribution in [0.1, 0.15) is 6.42 Å². The fourth-order valence-electron chi connectivity index (χ4n) is 1.82. The number of fused-ring (bicyclic) bond motifs is 3. The minimum atomic E-state index is 0.278. The van der Waals surface area contributed by atoms with Crippen LogP contribution in [-0.2, 0) is 6.54 Å². The van der Waals surface area contributed by atoms with Gasteiger partial charge in [0.1, 0.15) is 5.52 Å². The highest BCUT2D eigenvalue weighted by Crippen LogP contribution is 2.36. The van der Waals surface area contributed by atoms with E-state index in [0.717, 1.165) is 29.7 Å². The van der Waals surface area contributed by atoms with E-state index in [1.165, 1.54) is 0 Å². The summed E-state index contributed by atoms with van der Waals surface area (Å²) in [6.45, 7) is 0.779. The van der Waals surface area contributed by atoms with Gasteiger partial charge < -0.3 is 5.11 Å². The average Bonchev–Trinajstić information content (AvgIpc) is 2.55. The molecule has 4 nitrogen and oxygen atoms in total. The van der Waals surface area contributed by atoms with Gasteiger partial charge in [-0.3, -0.25) is 9.55 Å². The number of aliphatic imine (C=N–C) groups is 1. The molecular formula is C10H9N3O. The van der Waals surface area contributed by atoms with Crippen molar-refractivity contribution in [2.75, 3.05) is 0 Å². The highest BCUT2D eigenvalue weighted by molar-refractivity contribution is 5.95. The lowest BCUT2D eigenvalue weighted by Crippen LogP contribution is -2.01. The zero-order chi connectivity index (χ0) is 9.54. The minimum Gasteiger partial charge on any atom is -0.494 e. The van der Waals surface area contributed by atoms with Crippen molar-refractivity contribution in [3.63, 3.8) is 0 Å². The van der Waals surface area contributed by atoms with Crippen molar-refractivity contribution in [1.82, 2.24) is 9.55 Å². The Labute approximate surface area is 80.5 Å². The van der Waals surface area contributed by atoms with Gasteiger partial charge in [-0.25, -0.2) is 4.99 Å². The molecule has 1 aliphatic rings. The van der Waals surface area contributed by atoms with E-state index in [1.807, 2.05) is 18.3 Å². The largest absolute Gasteiger partial charge is 0.494 e. The van der Waals surface area contributed by atoms with Gasteiger partial charge in [0.2, 0.25) is 5.88 Å². The smallest absolute Gasteiger partial charge is 0.202 e. The minimum absolute atomic E-state index is 0.278. The summed E-state index contributed by atoms with van der Waals surface area (Å²) >= 11 is 0. The highest BCUT2D eigenvalue weighted by Gasteiger charge is 2.17. The van der Waals surface area contributed by atoms with Gasteiger partial charge >= 0.3 is 0 Å². The number of aromatic hydroxyl groups is 1. The maximum atomic E-state index is 9.88. The molecule has 0 amide bonds. The first-order valence-corrected chi connectivity index (χ1v) is 4.56. The number of nitrogens with zero attached hydrogens (tertiary/aromatic N) is 3. The lowest BCUT2D eigenvalue weighted by Gasteiger charge is -2.08. The van der Waals surface area contributed by atoms with E-state index >= 15 is 0 Å². The van der Waals surface area contributed by atoms with Crippen LogP contribution in [0.25, 0.3) is 10.9 Å². The standard InChI is InChI=1S/C10H9N3O/c14-10-7-3-1-4-11-8(7)9-12-5-2-6-13(9)10/h1,3-5,14H,2,6H2. The first kappa shape index (κ1) is 7.55. The van der Waals surface area contributed by atoms with Crippen LogP contribution in [0.5, 0.6) is 5.88 Å². The Bertz CT molecular complexity index is 527. The molecule has 0 aromatic carbocycles. The number of pyridine rings is 1. The number of hydrogen-bond acceptors (Lipinski definition) is 3. The molecule has 2 aromatic rings. The van der Waals surface area contributed by atoms with E-state index in [0.29, 0.717) is 0 Å². The van der Waals surface area contributed by atoms with Crippen LogP contribution in [-0.4, -0.2) is 20.9 Å². The van der Waals surface area contributed by atoms with Gasteiger partial charge in [0.25, 0.3) is 0 Å². The summed E-state index contributed by atoms with van der Waals surface area (Å²) in [5.41, 5.74) is 0.779. The number of aromatic nitrogens is 2. The van der Waals surface area contributed by atoms with E-state index in [4.69, 9.17) is 0 Å². The quantitative estimate of drug-likeness (QED) is 0.684. The fraction of sp³-hybridized carbons (Fsp3) is 0.200. The van der Waals surface area contributed by atoms with E-state index in [2.05, 4.69) is 9.98 Å². The summed E-state index contributed by atoms with van der Waals surface area (Å²) in [6.07, 6.45) is 4.44. The molecule has 0 saturated heterocycles. The van der Waals surface area contributed by atoms with Gasteiger partial charge in [0, 0.05) is 25.4 Å². The Kier molecular flexibility index (Phi) is 1.39. The molecule has 1 aliphatic heterocycles. The molecule has 0 saturated carbocycles. The summed E-state index contributed by atoms with van der Waals surface area (Å²) in [6, 6.07) is 3.68. The summed E-state index contributed by atoms with van der Waals surface area (Å²) in [4.78, 5) is 8.48. The van der Waals surface area contributed by atoms with Crippen LogP contribution in [0.4, 0.5) is 5.82 Å². The summed E-state index contributed by atoms with van der Waals surface area (Å²) in [7, 11) is 0. The van der Waals surface area contributed by atoms with Crippen LogP contribution in [0.3, 0.4) is 0 Å². The first-order chi connectivity index (χ1) is 6.88. The Balaban J connectivity index is 2.48. The molecule has 0 aliphatic carbocycles. The third kappa shape index (κ3) is 0.824. The van der Waals surface area contributed by atoms with E-state index < -0.39 is 0 Å². The second-order valence-electron chi connectivity index (χ2n) is 3.30. The predicted molar refractivity (Wildman–Crippen MR) is 54.2 cm³/mol. The van der Waals surface area contributed by atoms with E-state index in [-0.39, 0.29) is 5.88 Å². The van der Waals surface area contributed by atoms with Crippen LogP contribution in [0, 0.1) is 0 Å². The molecule has 0 fully saturated rings. The molecule has 3 rings (SSSR count). The average molecular weight is 187 g/mol. The van der Waals surface area contributed by atoms with Gasteiger partial charge in [-0.1, -0.05) is 0 Å². The van der Waals surface area contributed by atoms with Crippen molar-refractivity contribution >= 4 is 22.9 Å². The molecule has 2 aromatic heterocycles. The summed E-state index contributed by atoms with van der Waals surface area (Å²) in [5, 5.41) is 10.7. The van der Waals surface area contributed by atoms with Crippen LogP contribution >= 0.6 is 0 Å². The van der Waals surface area contributed by atoms with Gasteiger partial charge in [-0.2, -0.15) is 0 Å². The third-order valence-electron chi connectivity index (χ3n) is 2.47. The first-order valence-electron chi connectivity index (χ1n) is 4.56. The fourth-order valence-corrected chi connectivity index (χ4v) is 1.82. The van der Waals surface area contributed by atoms with Crippen molar-refractivity contribution < 1.29 is 5.11 Å². The van der Waals surface area contributed by atoms with E-state index in [9.17, 15) is 5.11 Å². The Morgan fingerprint density at radius 1 is 1.43 bits per heavy atom. The molecule has 0 bridgehead atoms. The van der Waals surface area contributed by atoms with Crippen molar-refractivity contribution in [2.24, 2.45) is 4.99 Å². The summed E-state index contributed by atoms with van der Waals surface area (Å²) < 4.78 is 1.80. The third-order valence-corrected chi connectivity index (χ3v) is 2.47. The lowest BCUT2D eigenvalue weighted by molar-refractivity contribution is 0.424. The topological polar surface area (TPSA) is 50.4 Å². The molecule has 1 N–H and O–H groups in total. The summed E-state index contributed by atoms with van der Waals surface area (Å²) in [5.74, 6) is 1.05. The van der Waals surface area contributed by atoms with Crippen molar-refractivity contribution in [1.29, 1.82) is 0 Å². The molecule has 3 heterocycles. The Morgan fingerprint density at radius 3 is 3.29 bits per heavy atom. The maximum absolute atomic E-state index is 9.88. The molecule has 14 heavy (non-hydrogen) atoms. The molecule has 0 atom stereocenters. The van der Waals surface area contributed by atoms with E-state index in [1.54, 1.807) is 10.8 Å². The number of hydrogen-bond donors (Lipinski definition) is 1. The number of rotatable bonds is 0. The SMILES string of the molecule is Oc1c2cccnc2c2n1CCC=N2. The van der Waals surface area contributed by atoms with Gasteiger partial charge in [0.15, 0.2) is 5.82 Å². The van der Waals surface area contributed by atoms with Gasteiger partial charge in [0.05, 0.1) is 5.39 Å². The molecule has 4 heteroatoms. The van der Waals surface area contributed by atoms with Crippen molar-refractivity contribution in [2.45, 2.75) is 13.0 Å². The van der Waals surface area contributed by atoms with Gasteiger partial charge in [-0.05, 0) is 12.1 Å².